The minimum atomic E-state index is -0.144. The van der Waals surface area contributed by atoms with Crippen molar-refractivity contribution < 1.29 is 9.53 Å². The van der Waals surface area contributed by atoms with Gasteiger partial charge in [-0.05, 0) is 12.5 Å². The van der Waals surface area contributed by atoms with Gasteiger partial charge in [-0.15, -0.1) is 0 Å². The molecule has 1 N–H and O–H groups in total. The number of aromatic nitrogens is 2. The number of halogens is 1. The Morgan fingerprint density at radius 3 is 3.13 bits per heavy atom. The van der Waals surface area contributed by atoms with Gasteiger partial charge in [0.15, 0.2) is 0 Å². The van der Waals surface area contributed by atoms with Crippen LogP contribution < -0.4 is 5.32 Å². The number of nitrogens with one attached hydrogen (secondary N) is 1. The predicted molar refractivity (Wildman–Crippen MR) is 56.8 cm³/mol. The highest BCUT2D eigenvalue weighted by Gasteiger charge is 2.04. The quantitative estimate of drug-likeness (QED) is 0.614. The van der Waals surface area contributed by atoms with Gasteiger partial charge in [0, 0.05) is 26.3 Å². The number of hydrogen-bond donors (Lipinski definition) is 1. The molecule has 0 unspecified atom stereocenters. The number of ether oxygens (including phenoxy) is 1. The first-order chi connectivity index (χ1) is 7.22. The number of nitrogens with zero attached hydrogens (tertiary/aromatic N) is 2. The number of amides is 1. The molecule has 0 aliphatic rings. The van der Waals surface area contributed by atoms with E-state index in [9.17, 15) is 4.79 Å². The fourth-order valence-electron chi connectivity index (χ4n) is 0.961. The van der Waals surface area contributed by atoms with E-state index in [0.29, 0.717) is 24.6 Å². The van der Waals surface area contributed by atoms with E-state index in [1.165, 1.54) is 6.20 Å². The summed E-state index contributed by atoms with van der Waals surface area (Å²) in [6.45, 7) is 0.559. The second-order valence-electron chi connectivity index (χ2n) is 2.85. The highest BCUT2D eigenvalue weighted by atomic mass is 35.5. The van der Waals surface area contributed by atoms with Crippen LogP contribution in [0.15, 0.2) is 12.3 Å². The van der Waals surface area contributed by atoms with Crippen LogP contribution in [0.5, 0.6) is 0 Å². The lowest BCUT2D eigenvalue weighted by Gasteiger charge is -2.02. The van der Waals surface area contributed by atoms with Gasteiger partial charge < -0.3 is 4.74 Å². The van der Waals surface area contributed by atoms with Crippen LogP contribution >= 0.6 is 11.6 Å². The molecule has 1 aromatic rings. The van der Waals surface area contributed by atoms with E-state index >= 15 is 0 Å². The van der Waals surface area contributed by atoms with Gasteiger partial charge in [-0.2, -0.15) is 0 Å². The number of methoxy groups -OCH3 is 1. The summed E-state index contributed by atoms with van der Waals surface area (Å²) in [5, 5.41) is 2.84. The number of carbonyl (C=O) groups is 1. The van der Waals surface area contributed by atoms with Crippen molar-refractivity contribution in [3.8, 4) is 0 Å². The molecule has 0 saturated carbocycles. The third-order valence-corrected chi connectivity index (χ3v) is 1.84. The van der Waals surface area contributed by atoms with Crippen LogP contribution in [0.2, 0.25) is 5.15 Å². The van der Waals surface area contributed by atoms with Gasteiger partial charge >= 0.3 is 0 Å². The summed E-state index contributed by atoms with van der Waals surface area (Å²) in [5.41, 5.74) is 0. The first-order valence-corrected chi connectivity index (χ1v) is 4.87. The smallest absolute Gasteiger partial charge is 0.230 e. The van der Waals surface area contributed by atoms with E-state index in [2.05, 4.69) is 15.3 Å². The average Bonchev–Trinajstić information content (AvgIpc) is 2.18. The summed E-state index contributed by atoms with van der Waals surface area (Å²) in [5.74, 6) is 0.0826. The number of carbonyl (C=O) groups excluding carboxylic acids is 1. The molecular weight excluding hydrogens is 218 g/mol. The highest BCUT2D eigenvalue weighted by molar-refractivity contribution is 6.29. The standard InChI is InChI=1S/C9H12ClN3O2/c1-15-6-2-3-8(14)13-9-11-5-4-7(10)12-9/h4-5H,2-3,6H2,1H3,(H,11,12,13,14). The van der Waals surface area contributed by atoms with E-state index in [-0.39, 0.29) is 11.9 Å². The lowest BCUT2D eigenvalue weighted by molar-refractivity contribution is -0.116. The van der Waals surface area contributed by atoms with E-state index in [1.807, 2.05) is 0 Å². The normalized spacial score (nSPS) is 10.0. The van der Waals surface area contributed by atoms with Crippen molar-refractivity contribution >= 4 is 23.5 Å². The maximum Gasteiger partial charge on any atom is 0.230 e. The molecule has 0 bridgehead atoms. The first kappa shape index (κ1) is 11.9. The Morgan fingerprint density at radius 2 is 2.47 bits per heavy atom. The van der Waals surface area contributed by atoms with Gasteiger partial charge in [0.2, 0.25) is 11.9 Å². The molecule has 82 valence electrons. The Bertz CT molecular complexity index is 333. The van der Waals surface area contributed by atoms with Gasteiger partial charge in [0.25, 0.3) is 0 Å². The summed E-state index contributed by atoms with van der Waals surface area (Å²) in [6.07, 6.45) is 2.53. The Morgan fingerprint density at radius 1 is 1.67 bits per heavy atom. The van der Waals surface area contributed by atoms with Crippen molar-refractivity contribution in [3.05, 3.63) is 17.4 Å². The van der Waals surface area contributed by atoms with Crippen LogP contribution in [-0.2, 0) is 9.53 Å². The van der Waals surface area contributed by atoms with Gasteiger partial charge in [0.1, 0.15) is 5.15 Å². The zero-order valence-corrected chi connectivity index (χ0v) is 9.12. The molecule has 0 aromatic carbocycles. The second kappa shape index (κ2) is 6.31. The number of hydrogen-bond acceptors (Lipinski definition) is 4. The molecule has 0 spiro atoms. The predicted octanol–water partition coefficient (Wildman–Crippen LogP) is 1.50. The molecule has 1 heterocycles. The van der Waals surface area contributed by atoms with Crippen LogP contribution in [0.4, 0.5) is 5.95 Å². The fourth-order valence-corrected chi connectivity index (χ4v) is 1.10. The van der Waals surface area contributed by atoms with Crippen molar-refractivity contribution in [2.75, 3.05) is 19.0 Å². The maximum atomic E-state index is 11.3. The topological polar surface area (TPSA) is 64.1 Å². The van der Waals surface area contributed by atoms with Gasteiger partial charge in [-0.1, -0.05) is 11.6 Å². The minimum absolute atomic E-state index is 0.144. The fraction of sp³-hybridized carbons (Fsp3) is 0.444. The zero-order chi connectivity index (χ0) is 11.1. The molecule has 1 rings (SSSR count). The first-order valence-electron chi connectivity index (χ1n) is 4.49. The van der Waals surface area contributed by atoms with Crippen LogP contribution in [0.1, 0.15) is 12.8 Å². The summed E-state index contributed by atoms with van der Waals surface area (Å²) in [6, 6.07) is 1.54. The highest BCUT2D eigenvalue weighted by Crippen LogP contribution is 2.06. The zero-order valence-electron chi connectivity index (χ0n) is 8.36. The molecule has 0 radical (unpaired) electrons. The van der Waals surface area contributed by atoms with E-state index in [0.717, 1.165) is 0 Å². The van der Waals surface area contributed by atoms with Crippen LogP contribution in [0, 0.1) is 0 Å². The lowest BCUT2D eigenvalue weighted by Crippen LogP contribution is -2.14. The van der Waals surface area contributed by atoms with Crippen LogP contribution in [0.3, 0.4) is 0 Å². The van der Waals surface area contributed by atoms with E-state index < -0.39 is 0 Å². The molecule has 0 saturated heterocycles. The molecule has 5 nitrogen and oxygen atoms in total. The van der Waals surface area contributed by atoms with E-state index in [1.54, 1.807) is 13.2 Å². The summed E-state index contributed by atoms with van der Waals surface area (Å²) >= 11 is 5.63. The average molecular weight is 230 g/mol. The van der Waals surface area contributed by atoms with Gasteiger partial charge in [-0.3, -0.25) is 10.1 Å². The molecule has 0 fully saturated rings. The van der Waals surface area contributed by atoms with Crippen molar-refractivity contribution in [1.82, 2.24) is 9.97 Å². The Labute approximate surface area is 92.8 Å². The van der Waals surface area contributed by atoms with Crippen molar-refractivity contribution in [1.29, 1.82) is 0 Å². The van der Waals surface area contributed by atoms with Crippen molar-refractivity contribution in [3.63, 3.8) is 0 Å². The SMILES string of the molecule is COCCCC(=O)Nc1nccc(Cl)n1. The van der Waals surface area contributed by atoms with Crippen LogP contribution in [-0.4, -0.2) is 29.6 Å². The Hall–Kier alpha value is -1.20. The Balaban J connectivity index is 2.37. The third kappa shape index (κ3) is 4.71. The summed E-state index contributed by atoms with van der Waals surface area (Å²) in [7, 11) is 1.60. The summed E-state index contributed by atoms with van der Waals surface area (Å²) < 4.78 is 4.83. The molecule has 6 heteroatoms. The monoisotopic (exact) mass is 229 g/mol. The Kier molecular flexibility index (Phi) is 5.00. The van der Waals surface area contributed by atoms with E-state index in [4.69, 9.17) is 16.3 Å². The van der Waals surface area contributed by atoms with Crippen molar-refractivity contribution in [2.24, 2.45) is 0 Å². The molecule has 15 heavy (non-hydrogen) atoms. The molecule has 1 amide bonds. The molecule has 0 atom stereocenters. The maximum absolute atomic E-state index is 11.3. The minimum Gasteiger partial charge on any atom is -0.385 e. The molecular formula is C9H12ClN3O2. The molecule has 0 aliphatic carbocycles. The van der Waals surface area contributed by atoms with Gasteiger partial charge in [-0.25, -0.2) is 9.97 Å². The van der Waals surface area contributed by atoms with Gasteiger partial charge in [0.05, 0.1) is 0 Å². The number of anilines is 1. The van der Waals surface area contributed by atoms with Crippen molar-refractivity contribution in [2.45, 2.75) is 12.8 Å². The number of rotatable bonds is 5. The molecule has 0 aliphatic heterocycles. The second-order valence-corrected chi connectivity index (χ2v) is 3.23. The summed E-state index contributed by atoms with van der Waals surface area (Å²) in [4.78, 5) is 19.0. The largest absolute Gasteiger partial charge is 0.385 e. The lowest BCUT2D eigenvalue weighted by atomic mass is 10.3. The third-order valence-electron chi connectivity index (χ3n) is 1.63. The van der Waals surface area contributed by atoms with Crippen LogP contribution in [0.25, 0.3) is 0 Å². The molecule has 1 aromatic heterocycles.